The van der Waals surface area contributed by atoms with Gasteiger partial charge in [0.05, 0.1) is 41.4 Å². The van der Waals surface area contributed by atoms with Crippen LogP contribution in [0.4, 0.5) is 11.6 Å². The molecule has 1 aliphatic rings. The smallest absolute Gasteiger partial charge is 0.219 e. The molecule has 0 bridgehead atoms. The lowest BCUT2D eigenvalue weighted by molar-refractivity contribution is 0.0211. The molecule has 2 aromatic heterocycles. The fourth-order valence-corrected chi connectivity index (χ4v) is 3.49. The van der Waals surface area contributed by atoms with Crippen LogP contribution in [0.3, 0.4) is 0 Å². The molecule has 0 aliphatic carbocycles. The Kier molecular flexibility index (Phi) is 5.36. The molecule has 0 saturated carbocycles. The van der Waals surface area contributed by atoms with Gasteiger partial charge in [0, 0.05) is 18.0 Å². The first-order valence-electron chi connectivity index (χ1n) is 10.1. The van der Waals surface area contributed by atoms with Crippen molar-refractivity contribution in [3.63, 3.8) is 0 Å². The van der Waals surface area contributed by atoms with E-state index in [0.717, 1.165) is 41.4 Å². The molecule has 1 saturated heterocycles. The maximum atomic E-state index is 5.86. The topological polar surface area (TPSA) is 84.1 Å². The molecule has 7 nitrogen and oxygen atoms in total. The number of hydrogen-bond donors (Lipinski definition) is 3. The van der Waals surface area contributed by atoms with Crippen molar-refractivity contribution < 1.29 is 9.47 Å². The Labute approximate surface area is 184 Å². The quantitative estimate of drug-likeness (QED) is 0.361. The maximum absolute atomic E-state index is 5.86. The van der Waals surface area contributed by atoms with Gasteiger partial charge in [-0.05, 0) is 48.9 Å². The number of H-pyrrole nitrogens is 1. The van der Waals surface area contributed by atoms with Gasteiger partial charge in [0.25, 0.3) is 0 Å². The summed E-state index contributed by atoms with van der Waals surface area (Å²) in [5.74, 6) is 1.95. The van der Waals surface area contributed by atoms with Crippen molar-refractivity contribution in [3.8, 4) is 11.6 Å². The molecule has 1 unspecified atom stereocenters. The van der Waals surface area contributed by atoms with E-state index in [4.69, 9.17) is 21.1 Å². The first kappa shape index (κ1) is 19.7. The van der Waals surface area contributed by atoms with Gasteiger partial charge in [0.15, 0.2) is 0 Å². The largest absolute Gasteiger partial charge is 0.439 e. The van der Waals surface area contributed by atoms with Crippen molar-refractivity contribution in [2.45, 2.75) is 19.0 Å². The van der Waals surface area contributed by atoms with Crippen LogP contribution in [0.1, 0.15) is 18.5 Å². The number of anilines is 2. The van der Waals surface area contributed by atoms with Gasteiger partial charge in [-0.3, -0.25) is 0 Å². The minimum absolute atomic E-state index is 0.0630. The van der Waals surface area contributed by atoms with Gasteiger partial charge in [0.2, 0.25) is 11.8 Å². The number of benzene rings is 2. The Hall–Kier alpha value is -3.29. The van der Waals surface area contributed by atoms with Crippen molar-refractivity contribution >= 4 is 34.3 Å². The third-order valence-corrected chi connectivity index (χ3v) is 5.37. The summed E-state index contributed by atoms with van der Waals surface area (Å²) in [4.78, 5) is 12.2. The van der Waals surface area contributed by atoms with Gasteiger partial charge in [-0.25, -0.2) is 9.97 Å². The fourth-order valence-electron chi connectivity index (χ4n) is 3.38. The van der Waals surface area contributed by atoms with E-state index in [2.05, 4.69) is 38.6 Å². The molecule has 1 fully saturated rings. The number of halogens is 1. The van der Waals surface area contributed by atoms with Crippen LogP contribution in [-0.4, -0.2) is 34.2 Å². The summed E-state index contributed by atoms with van der Waals surface area (Å²) in [5.41, 5.74) is 4.09. The Bertz CT molecular complexity index is 1170. The minimum Gasteiger partial charge on any atom is -0.439 e. The monoisotopic (exact) mass is 435 g/mol. The SMILES string of the molecule is CC(Nc1nc2ccc(NC3COC3)cc2[nH]1)c1ccc(Oc2ccc(Cl)cn2)cc1. The Morgan fingerprint density at radius 2 is 1.97 bits per heavy atom. The summed E-state index contributed by atoms with van der Waals surface area (Å²) in [6.45, 7) is 3.60. The van der Waals surface area contributed by atoms with E-state index in [1.165, 1.54) is 0 Å². The van der Waals surface area contributed by atoms with Crippen LogP contribution in [0.5, 0.6) is 11.6 Å². The number of rotatable bonds is 7. The molecule has 0 radical (unpaired) electrons. The number of fused-ring (bicyclic) bond motifs is 1. The molecule has 3 N–H and O–H groups in total. The Morgan fingerprint density at radius 3 is 2.68 bits per heavy atom. The molecule has 8 heteroatoms. The molecule has 2 aromatic carbocycles. The molecule has 5 rings (SSSR count). The highest BCUT2D eigenvalue weighted by Crippen LogP contribution is 2.26. The zero-order valence-corrected chi connectivity index (χ0v) is 17.7. The number of imidazole rings is 1. The second-order valence-corrected chi connectivity index (χ2v) is 7.98. The van der Waals surface area contributed by atoms with Gasteiger partial charge >= 0.3 is 0 Å². The third kappa shape index (κ3) is 4.57. The molecular formula is C23H22ClN5O2. The summed E-state index contributed by atoms with van der Waals surface area (Å²) in [5, 5.41) is 7.46. The number of ether oxygens (including phenoxy) is 2. The summed E-state index contributed by atoms with van der Waals surface area (Å²) < 4.78 is 11.0. The van der Waals surface area contributed by atoms with Crippen LogP contribution < -0.4 is 15.4 Å². The lowest BCUT2D eigenvalue weighted by Gasteiger charge is -2.27. The first-order valence-corrected chi connectivity index (χ1v) is 10.5. The van der Waals surface area contributed by atoms with Gasteiger partial charge in [-0.15, -0.1) is 0 Å². The number of pyridine rings is 1. The molecule has 0 amide bonds. The number of nitrogens with zero attached hydrogens (tertiary/aromatic N) is 2. The third-order valence-electron chi connectivity index (χ3n) is 5.15. The molecular weight excluding hydrogens is 414 g/mol. The maximum Gasteiger partial charge on any atom is 0.219 e. The second kappa shape index (κ2) is 8.45. The summed E-state index contributed by atoms with van der Waals surface area (Å²) in [6.07, 6.45) is 1.56. The second-order valence-electron chi connectivity index (χ2n) is 7.55. The molecule has 1 aliphatic heterocycles. The van der Waals surface area contributed by atoms with E-state index >= 15 is 0 Å². The van der Waals surface area contributed by atoms with Gasteiger partial charge in [0.1, 0.15) is 5.75 Å². The average molecular weight is 436 g/mol. The van der Waals surface area contributed by atoms with Gasteiger partial charge in [-0.2, -0.15) is 0 Å². The van der Waals surface area contributed by atoms with Gasteiger partial charge in [-0.1, -0.05) is 23.7 Å². The lowest BCUT2D eigenvalue weighted by atomic mass is 10.1. The van der Waals surface area contributed by atoms with E-state index in [1.54, 1.807) is 18.3 Å². The summed E-state index contributed by atoms with van der Waals surface area (Å²) in [6, 6.07) is 18.0. The normalized spacial score (nSPS) is 14.8. The van der Waals surface area contributed by atoms with Crippen molar-refractivity contribution in [2.75, 3.05) is 23.8 Å². The number of aromatic nitrogens is 3. The predicted molar refractivity (Wildman–Crippen MR) is 122 cm³/mol. The molecule has 3 heterocycles. The summed E-state index contributed by atoms with van der Waals surface area (Å²) in [7, 11) is 0. The van der Waals surface area contributed by atoms with E-state index in [9.17, 15) is 0 Å². The predicted octanol–water partition coefficient (Wildman–Crippen LogP) is 5.39. The van der Waals surface area contributed by atoms with Crippen LogP contribution in [0.15, 0.2) is 60.8 Å². The van der Waals surface area contributed by atoms with Crippen LogP contribution in [0.25, 0.3) is 11.0 Å². The van der Waals surface area contributed by atoms with Crippen molar-refractivity contribution in [1.29, 1.82) is 0 Å². The van der Waals surface area contributed by atoms with E-state index in [1.807, 2.05) is 36.4 Å². The summed E-state index contributed by atoms with van der Waals surface area (Å²) >= 11 is 5.86. The van der Waals surface area contributed by atoms with Crippen molar-refractivity contribution in [3.05, 3.63) is 71.4 Å². The highest BCUT2D eigenvalue weighted by atomic mass is 35.5. The van der Waals surface area contributed by atoms with Crippen molar-refractivity contribution in [1.82, 2.24) is 15.0 Å². The van der Waals surface area contributed by atoms with Crippen molar-refractivity contribution in [2.24, 2.45) is 0 Å². The van der Waals surface area contributed by atoms with E-state index in [0.29, 0.717) is 22.7 Å². The van der Waals surface area contributed by atoms with Crippen LogP contribution in [-0.2, 0) is 4.74 Å². The highest BCUT2D eigenvalue weighted by molar-refractivity contribution is 6.30. The standard InChI is InChI=1S/C23H22ClN5O2/c1-14(15-2-6-19(7-3-15)31-22-9-4-16(24)11-25-22)26-23-28-20-8-5-17(10-21(20)29-23)27-18-12-30-13-18/h2-11,14,18,27H,12-13H2,1H3,(H2,26,28,29). The average Bonchev–Trinajstić information content (AvgIpc) is 3.14. The zero-order chi connectivity index (χ0) is 21.2. The lowest BCUT2D eigenvalue weighted by Crippen LogP contribution is -2.40. The number of aromatic amines is 1. The van der Waals surface area contributed by atoms with Crippen LogP contribution in [0.2, 0.25) is 5.02 Å². The zero-order valence-electron chi connectivity index (χ0n) is 16.9. The number of nitrogens with one attached hydrogen (secondary N) is 3. The first-order chi connectivity index (χ1) is 15.1. The van der Waals surface area contributed by atoms with Gasteiger partial charge < -0.3 is 25.1 Å². The molecule has 0 spiro atoms. The van der Waals surface area contributed by atoms with E-state index < -0.39 is 0 Å². The van der Waals surface area contributed by atoms with E-state index in [-0.39, 0.29) is 6.04 Å². The van der Waals surface area contributed by atoms with Crippen LogP contribution in [0, 0.1) is 0 Å². The Balaban J connectivity index is 1.24. The molecule has 4 aromatic rings. The highest BCUT2D eigenvalue weighted by Gasteiger charge is 2.18. The Morgan fingerprint density at radius 1 is 1.13 bits per heavy atom. The molecule has 158 valence electrons. The minimum atomic E-state index is 0.0630. The molecule has 31 heavy (non-hydrogen) atoms. The molecule has 1 atom stereocenters. The fraction of sp³-hybridized carbons (Fsp3) is 0.217. The number of hydrogen-bond acceptors (Lipinski definition) is 6. The van der Waals surface area contributed by atoms with Crippen LogP contribution >= 0.6 is 11.6 Å².